The minimum absolute atomic E-state index is 0.293. The molecule has 0 bridgehead atoms. The summed E-state index contributed by atoms with van der Waals surface area (Å²) < 4.78 is 29.0. The molecule has 1 rings (SSSR count). The van der Waals surface area contributed by atoms with Gasteiger partial charge in [0.05, 0.1) is 8.84 Å². The zero-order valence-corrected chi connectivity index (χ0v) is 19.7. The summed E-state index contributed by atoms with van der Waals surface area (Å²) >= 11 is 0. The van der Waals surface area contributed by atoms with E-state index in [0.717, 1.165) is 31.2 Å². The van der Waals surface area contributed by atoms with E-state index in [4.69, 9.17) is 0 Å². The second-order valence-corrected chi connectivity index (χ2v) is 9.84. The Hall–Kier alpha value is -0.750. The summed E-state index contributed by atoms with van der Waals surface area (Å²) in [6.07, 6.45) is 19.4. The van der Waals surface area contributed by atoms with Crippen LogP contribution in [0.4, 0.5) is 0 Å². The number of unbranched alkanes of at least 4 members (excludes halogenated alkanes) is 12. The van der Waals surface area contributed by atoms with E-state index in [-0.39, 0.29) is 0 Å². The second-order valence-electron chi connectivity index (χ2n) is 8.26. The van der Waals surface area contributed by atoms with Crippen molar-refractivity contribution in [3.8, 4) is 0 Å². The van der Waals surface area contributed by atoms with Gasteiger partial charge in [0.15, 0.2) is 0 Å². The zero-order chi connectivity index (χ0) is 21.4. The highest BCUT2D eigenvalue weighted by atomic mass is 32.3. The van der Waals surface area contributed by atoms with Gasteiger partial charge in [-0.25, -0.2) is 0 Å². The number of quaternary nitrogens is 1. The third-order valence-electron chi connectivity index (χ3n) is 5.67. The Balaban J connectivity index is 2.55. The Morgan fingerprint density at radius 3 is 1.76 bits per heavy atom. The van der Waals surface area contributed by atoms with Crippen molar-refractivity contribution in [1.29, 1.82) is 0 Å². The minimum atomic E-state index is -3.75. The zero-order valence-electron chi connectivity index (χ0n) is 18.9. The van der Waals surface area contributed by atoms with Crippen LogP contribution in [0.15, 0.2) is 23.1 Å². The summed E-state index contributed by atoms with van der Waals surface area (Å²) in [6, 6.07) is 5.74. The standard InChI is InChI=1S/C24H44NO3S/c1-3-5-7-9-11-13-15-17-22-19-20-24(29(26,27)28-25)23(21-22)18-16-14-12-10-8-6-4-2/h19-21H,3-18H2,1-2,25H3/q+2. The molecule has 1 aromatic rings. The van der Waals surface area contributed by atoms with Crippen LogP contribution in [0.25, 0.3) is 0 Å². The topological polar surface area (TPSA) is 73.8 Å². The van der Waals surface area contributed by atoms with Crippen LogP contribution in [-0.2, 0) is 36.4 Å². The van der Waals surface area contributed by atoms with Crippen LogP contribution in [0.3, 0.4) is 0 Å². The SMILES string of the molecule is CCCCCCCCCc1ccc([S+]([O])(=O)O[NH3+])c(CCCCCCCCC)c1. The molecule has 3 N–H and O–H groups in total. The second kappa shape index (κ2) is 16.0. The van der Waals surface area contributed by atoms with Crippen LogP contribution in [0, 0.1) is 0 Å². The molecular formula is C24H44NO3S+2. The Labute approximate surface area is 180 Å². The van der Waals surface area contributed by atoms with Crippen molar-refractivity contribution in [3.63, 3.8) is 0 Å². The van der Waals surface area contributed by atoms with Gasteiger partial charge in [0.2, 0.25) is 4.90 Å². The molecule has 0 aromatic heterocycles. The van der Waals surface area contributed by atoms with Crippen LogP contribution in [0.2, 0.25) is 0 Å². The maximum Gasteiger partial charge on any atom is 0.482 e. The van der Waals surface area contributed by atoms with Gasteiger partial charge in [-0.1, -0.05) is 103 Å². The summed E-state index contributed by atoms with van der Waals surface area (Å²) in [5, 5.41) is 0. The van der Waals surface area contributed by atoms with Gasteiger partial charge in [-0.3, -0.25) is 0 Å². The van der Waals surface area contributed by atoms with E-state index in [2.05, 4.69) is 30.1 Å². The minimum Gasteiger partial charge on any atom is -0.158 e. The normalized spacial score (nSPS) is 13.5. The van der Waals surface area contributed by atoms with Gasteiger partial charge in [0.25, 0.3) is 0 Å². The van der Waals surface area contributed by atoms with E-state index in [9.17, 15) is 8.76 Å². The Morgan fingerprint density at radius 2 is 1.24 bits per heavy atom. The van der Waals surface area contributed by atoms with E-state index in [0.29, 0.717) is 4.90 Å². The fraction of sp³-hybridized carbons (Fsp3) is 0.750. The van der Waals surface area contributed by atoms with Crippen molar-refractivity contribution in [1.82, 2.24) is 0 Å². The largest absolute Gasteiger partial charge is 0.482 e. The van der Waals surface area contributed by atoms with Crippen molar-refractivity contribution >= 4 is 10.5 Å². The molecule has 4 nitrogen and oxygen atoms in total. The molecule has 5 heteroatoms. The number of hydrogen-bond donors (Lipinski definition) is 1. The molecule has 0 spiro atoms. The average Bonchev–Trinajstić information content (AvgIpc) is 2.72. The van der Waals surface area contributed by atoms with Crippen LogP contribution >= 0.6 is 0 Å². The highest BCUT2D eigenvalue weighted by Crippen LogP contribution is 2.26. The van der Waals surface area contributed by atoms with Gasteiger partial charge in [-0.2, -0.15) is 5.90 Å². The molecule has 167 valence electrons. The molecule has 0 amide bonds. The molecule has 0 aliphatic carbocycles. The Bertz CT molecular complexity index is 591. The fourth-order valence-corrected chi connectivity index (χ4v) is 4.69. The molecule has 1 unspecified atom stereocenters. The van der Waals surface area contributed by atoms with Crippen molar-refractivity contribution in [2.45, 2.75) is 121 Å². The van der Waals surface area contributed by atoms with Crippen LogP contribution < -0.4 is 5.90 Å². The molecule has 1 atom stereocenters. The first-order chi connectivity index (χ1) is 14.0. The molecule has 0 saturated carbocycles. The van der Waals surface area contributed by atoms with Crippen LogP contribution in [-0.4, -0.2) is 0 Å². The first-order valence-corrected chi connectivity index (χ1v) is 13.3. The lowest BCUT2D eigenvalue weighted by atomic mass is 9.99. The maximum absolute atomic E-state index is 12.2. The summed E-state index contributed by atoms with van der Waals surface area (Å²) in [4.78, 5) is 0.293. The Kier molecular flexibility index (Phi) is 14.5. The highest BCUT2D eigenvalue weighted by molar-refractivity contribution is 7.92. The number of aryl methyl sites for hydroxylation is 2. The van der Waals surface area contributed by atoms with Gasteiger partial charge in [-0.15, -0.1) is 0 Å². The molecular weight excluding hydrogens is 382 g/mol. The van der Waals surface area contributed by atoms with Gasteiger partial charge >= 0.3 is 10.5 Å². The molecule has 29 heavy (non-hydrogen) atoms. The lowest BCUT2D eigenvalue weighted by Crippen LogP contribution is -2.52. The molecule has 0 heterocycles. The summed E-state index contributed by atoms with van der Waals surface area (Å²) in [6.45, 7) is 4.47. The third kappa shape index (κ3) is 11.3. The van der Waals surface area contributed by atoms with Crippen molar-refractivity contribution in [2.75, 3.05) is 0 Å². The third-order valence-corrected chi connectivity index (χ3v) is 6.92. The van der Waals surface area contributed by atoms with Crippen molar-refractivity contribution in [3.05, 3.63) is 29.3 Å². The molecule has 1 aromatic carbocycles. The quantitative estimate of drug-likeness (QED) is 0.164. The number of rotatable bonds is 18. The van der Waals surface area contributed by atoms with E-state index in [1.165, 1.54) is 82.6 Å². The summed E-state index contributed by atoms with van der Waals surface area (Å²) in [5.41, 5.74) is 2.13. The predicted octanol–water partition coefficient (Wildman–Crippen LogP) is 6.57. The number of hydrogen-bond acceptors (Lipinski definition) is 2. The monoisotopic (exact) mass is 426 g/mol. The maximum atomic E-state index is 12.2. The lowest BCUT2D eigenvalue weighted by Gasteiger charge is -2.08. The molecule has 0 fully saturated rings. The van der Waals surface area contributed by atoms with Gasteiger partial charge in [0.1, 0.15) is 0 Å². The summed E-state index contributed by atoms with van der Waals surface area (Å²) in [5.74, 6) is 3.14. The fourth-order valence-electron chi connectivity index (χ4n) is 3.85. The van der Waals surface area contributed by atoms with E-state index in [1.54, 1.807) is 6.07 Å². The van der Waals surface area contributed by atoms with Gasteiger partial charge < -0.3 is 0 Å². The van der Waals surface area contributed by atoms with Crippen LogP contribution in [0.5, 0.6) is 0 Å². The van der Waals surface area contributed by atoms with E-state index in [1.807, 2.05) is 6.07 Å². The lowest BCUT2D eigenvalue weighted by molar-refractivity contribution is -0.637. The number of benzene rings is 1. The predicted molar refractivity (Wildman–Crippen MR) is 121 cm³/mol. The van der Waals surface area contributed by atoms with Crippen LogP contribution in [0.1, 0.15) is 115 Å². The van der Waals surface area contributed by atoms with E-state index >= 15 is 0 Å². The Morgan fingerprint density at radius 1 is 0.759 bits per heavy atom. The molecule has 0 aliphatic heterocycles. The molecule has 0 saturated heterocycles. The highest BCUT2D eigenvalue weighted by Gasteiger charge is 2.39. The van der Waals surface area contributed by atoms with Crippen molar-refractivity contribution < 1.29 is 18.9 Å². The first-order valence-electron chi connectivity index (χ1n) is 11.9. The smallest absolute Gasteiger partial charge is 0.158 e. The molecule has 1 radical (unpaired) electrons. The average molecular weight is 427 g/mol. The van der Waals surface area contributed by atoms with Gasteiger partial charge in [-0.05, 0) is 35.5 Å². The molecule has 0 aliphatic rings. The van der Waals surface area contributed by atoms with Gasteiger partial charge in [0, 0.05) is 11.6 Å². The summed E-state index contributed by atoms with van der Waals surface area (Å²) in [7, 11) is -3.75. The van der Waals surface area contributed by atoms with E-state index < -0.39 is 10.5 Å². The first kappa shape index (κ1) is 26.3. The van der Waals surface area contributed by atoms with Crippen molar-refractivity contribution in [2.24, 2.45) is 0 Å².